The summed E-state index contributed by atoms with van der Waals surface area (Å²) in [5.74, 6) is 0.909. The maximum atomic E-state index is 11.4. The highest BCUT2D eigenvalue weighted by atomic mass is 32.2. The fraction of sp³-hybridized carbons (Fsp3) is 0.533. The van der Waals surface area contributed by atoms with Crippen molar-refractivity contribution in [1.29, 1.82) is 0 Å². The van der Waals surface area contributed by atoms with E-state index in [1.165, 1.54) is 5.39 Å². The van der Waals surface area contributed by atoms with Gasteiger partial charge in [-0.2, -0.15) is 5.10 Å². The fourth-order valence-corrected chi connectivity index (χ4v) is 4.86. The number of aromatic nitrogens is 2. The van der Waals surface area contributed by atoms with Crippen molar-refractivity contribution in [1.82, 2.24) is 15.1 Å². The highest BCUT2D eigenvalue weighted by Gasteiger charge is 2.27. The lowest BCUT2D eigenvalue weighted by molar-refractivity contribution is 0.515. The first-order valence-electron chi connectivity index (χ1n) is 7.44. The van der Waals surface area contributed by atoms with Crippen LogP contribution in [0.1, 0.15) is 19.0 Å². The molecule has 0 amide bonds. The molecule has 1 aliphatic rings. The molecule has 5 nitrogen and oxygen atoms in total. The summed E-state index contributed by atoms with van der Waals surface area (Å²) < 4.78 is 24.9. The smallest absolute Gasteiger partial charge is 0.150 e. The highest BCUT2D eigenvalue weighted by Crippen LogP contribution is 2.20. The summed E-state index contributed by atoms with van der Waals surface area (Å²) in [6, 6.07) is 8.22. The SMILES string of the molecule is CCn1nc(CNCC2CCS(=O)(=O)C2)c2ccccc21. The molecule has 6 heteroatoms. The van der Waals surface area contributed by atoms with Crippen molar-refractivity contribution in [3.05, 3.63) is 30.0 Å². The minimum Gasteiger partial charge on any atom is -0.311 e. The van der Waals surface area contributed by atoms with E-state index in [4.69, 9.17) is 0 Å². The molecule has 2 aromatic rings. The van der Waals surface area contributed by atoms with Crippen molar-refractivity contribution < 1.29 is 8.42 Å². The van der Waals surface area contributed by atoms with E-state index in [1.54, 1.807) is 0 Å². The van der Waals surface area contributed by atoms with Gasteiger partial charge in [0.1, 0.15) is 0 Å². The van der Waals surface area contributed by atoms with Gasteiger partial charge in [0.25, 0.3) is 0 Å². The summed E-state index contributed by atoms with van der Waals surface area (Å²) in [5.41, 5.74) is 2.19. The van der Waals surface area contributed by atoms with Gasteiger partial charge in [-0.25, -0.2) is 8.42 Å². The van der Waals surface area contributed by atoms with Crippen molar-refractivity contribution in [2.24, 2.45) is 5.92 Å². The molecule has 1 aliphatic heterocycles. The average molecular weight is 307 g/mol. The number of nitrogens with one attached hydrogen (secondary N) is 1. The average Bonchev–Trinajstić information content (AvgIpc) is 3.00. The van der Waals surface area contributed by atoms with Crippen LogP contribution < -0.4 is 5.32 Å². The number of fused-ring (bicyclic) bond motifs is 1. The lowest BCUT2D eigenvalue weighted by atomic mass is 10.1. The molecule has 1 saturated heterocycles. The van der Waals surface area contributed by atoms with Crippen molar-refractivity contribution in [2.75, 3.05) is 18.1 Å². The van der Waals surface area contributed by atoms with Gasteiger partial charge < -0.3 is 5.32 Å². The van der Waals surface area contributed by atoms with E-state index in [-0.39, 0.29) is 5.92 Å². The van der Waals surface area contributed by atoms with Crippen LogP contribution in [0, 0.1) is 5.92 Å². The first-order valence-corrected chi connectivity index (χ1v) is 9.27. The molecule has 1 N–H and O–H groups in total. The van der Waals surface area contributed by atoms with Crippen LogP contribution in [-0.2, 0) is 22.9 Å². The Hall–Kier alpha value is -1.40. The van der Waals surface area contributed by atoms with E-state index in [0.29, 0.717) is 18.1 Å². The molecule has 21 heavy (non-hydrogen) atoms. The van der Waals surface area contributed by atoms with Gasteiger partial charge in [-0.15, -0.1) is 0 Å². The lowest BCUT2D eigenvalue weighted by Gasteiger charge is -2.08. The van der Waals surface area contributed by atoms with Crippen molar-refractivity contribution in [2.45, 2.75) is 26.4 Å². The van der Waals surface area contributed by atoms with Crippen LogP contribution in [0.4, 0.5) is 0 Å². The molecule has 0 radical (unpaired) electrons. The largest absolute Gasteiger partial charge is 0.311 e. The molecule has 1 aromatic heterocycles. The zero-order valence-corrected chi connectivity index (χ0v) is 13.1. The monoisotopic (exact) mass is 307 g/mol. The molecule has 1 fully saturated rings. The summed E-state index contributed by atoms with van der Waals surface area (Å²) in [5, 5.41) is 9.18. The number of hydrogen-bond donors (Lipinski definition) is 1. The lowest BCUT2D eigenvalue weighted by Crippen LogP contribution is -2.23. The topological polar surface area (TPSA) is 64.0 Å². The Morgan fingerprint density at radius 2 is 2.19 bits per heavy atom. The van der Waals surface area contributed by atoms with E-state index in [2.05, 4.69) is 29.5 Å². The van der Waals surface area contributed by atoms with Crippen molar-refractivity contribution in [3.8, 4) is 0 Å². The minimum absolute atomic E-state index is 0.245. The molecule has 0 spiro atoms. The second-order valence-electron chi connectivity index (χ2n) is 5.68. The van der Waals surface area contributed by atoms with Gasteiger partial charge in [-0.1, -0.05) is 18.2 Å². The van der Waals surface area contributed by atoms with E-state index in [0.717, 1.165) is 30.7 Å². The van der Waals surface area contributed by atoms with Crippen LogP contribution >= 0.6 is 0 Å². The van der Waals surface area contributed by atoms with Crippen LogP contribution in [0.5, 0.6) is 0 Å². The first kappa shape index (κ1) is 14.5. The van der Waals surface area contributed by atoms with Crippen LogP contribution in [0.2, 0.25) is 0 Å². The number of para-hydroxylation sites is 1. The standard InChI is InChI=1S/C15H21N3O2S/c1-2-18-15-6-4-3-5-13(15)14(17-18)10-16-9-12-7-8-21(19,20)11-12/h3-6,12,16H,2,7-11H2,1H3. The molecular weight excluding hydrogens is 286 g/mol. The molecule has 3 rings (SSSR count). The zero-order chi connectivity index (χ0) is 14.9. The van der Waals surface area contributed by atoms with Gasteiger partial charge in [-0.05, 0) is 31.9 Å². The van der Waals surface area contributed by atoms with Crippen LogP contribution in [0.3, 0.4) is 0 Å². The van der Waals surface area contributed by atoms with E-state index in [1.807, 2.05) is 16.8 Å². The van der Waals surface area contributed by atoms with Gasteiger partial charge >= 0.3 is 0 Å². The second kappa shape index (κ2) is 5.77. The number of rotatable bonds is 5. The highest BCUT2D eigenvalue weighted by molar-refractivity contribution is 7.91. The molecule has 0 aliphatic carbocycles. The third-order valence-electron chi connectivity index (χ3n) is 4.09. The molecule has 2 heterocycles. The van der Waals surface area contributed by atoms with E-state index in [9.17, 15) is 8.42 Å². The number of benzene rings is 1. The second-order valence-corrected chi connectivity index (χ2v) is 7.91. The summed E-state index contributed by atoms with van der Waals surface area (Å²) in [6.45, 7) is 4.36. The normalized spacial score (nSPS) is 21.1. The Kier molecular flexibility index (Phi) is 3.99. The predicted molar refractivity (Wildman–Crippen MR) is 83.9 cm³/mol. The van der Waals surface area contributed by atoms with Crippen molar-refractivity contribution >= 4 is 20.7 Å². The zero-order valence-electron chi connectivity index (χ0n) is 12.2. The maximum Gasteiger partial charge on any atom is 0.150 e. The quantitative estimate of drug-likeness (QED) is 0.911. The third kappa shape index (κ3) is 3.11. The summed E-state index contributed by atoms with van der Waals surface area (Å²) in [7, 11) is -2.78. The minimum atomic E-state index is -2.78. The first-order chi connectivity index (χ1) is 10.1. The third-order valence-corrected chi connectivity index (χ3v) is 5.92. The molecule has 114 valence electrons. The Morgan fingerprint density at radius 1 is 1.38 bits per heavy atom. The summed E-state index contributed by atoms with van der Waals surface area (Å²) in [6.07, 6.45) is 0.777. The molecule has 0 bridgehead atoms. The summed E-state index contributed by atoms with van der Waals surface area (Å²) >= 11 is 0. The van der Waals surface area contributed by atoms with Crippen molar-refractivity contribution in [3.63, 3.8) is 0 Å². The van der Waals surface area contributed by atoms with Gasteiger partial charge in [0.05, 0.1) is 22.7 Å². The Labute approximate surface area is 125 Å². The van der Waals surface area contributed by atoms with Crippen LogP contribution in [0.15, 0.2) is 24.3 Å². The Bertz CT molecular complexity index is 736. The van der Waals surface area contributed by atoms with E-state index >= 15 is 0 Å². The number of sulfone groups is 1. The molecular formula is C15H21N3O2S. The fourth-order valence-electron chi connectivity index (χ4n) is 3.00. The van der Waals surface area contributed by atoms with Crippen LogP contribution in [0.25, 0.3) is 10.9 Å². The van der Waals surface area contributed by atoms with E-state index < -0.39 is 9.84 Å². The number of nitrogens with zero attached hydrogens (tertiary/aromatic N) is 2. The molecule has 1 unspecified atom stereocenters. The van der Waals surface area contributed by atoms with Gasteiger partial charge in [0.2, 0.25) is 0 Å². The molecule has 1 atom stereocenters. The van der Waals surface area contributed by atoms with Crippen LogP contribution in [-0.4, -0.2) is 36.2 Å². The number of hydrogen-bond acceptors (Lipinski definition) is 4. The number of aryl methyl sites for hydroxylation is 1. The Balaban J connectivity index is 1.66. The molecule has 1 aromatic carbocycles. The van der Waals surface area contributed by atoms with Gasteiger partial charge in [0, 0.05) is 18.5 Å². The van der Waals surface area contributed by atoms with Gasteiger partial charge in [-0.3, -0.25) is 4.68 Å². The predicted octanol–water partition coefficient (Wildman–Crippen LogP) is 1.58. The maximum absolute atomic E-state index is 11.4. The molecule has 0 saturated carbocycles. The Morgan fingerprint density at radius 3 is 2.90 bits per heavy atom. The summed E-state index contributed by atoms with van der Waals surface area (Å²) in [4.78, 5) is 0. The van der Waals surface area contributed by atoms with Gasteiger partial charge in [0.15, 0.2) is 9.84 Å².